The van der Waals surface area contributed by atoms with Crippen LogP contribution in [0.1, 0.15) is 12.1 Å². The van der Waals surface area contributed by atoms with Crippen LogP contribution in [0.4, 0.5) is 0 Å². The Balaban J connectivity index is 2.29. The predicted molar refractivity (Wildman–Crippen MR) is 68.4 cm³/mol. The van der Waals surface area contributed by atoms with Crippen LogP contribution in [-0.2, 0) is 16.4 Å². The molecule has 0 unspecified atom stereocenters. The highest BCUT2D eigenvalue weighted by Gasteiger charge is 2.09. The van der Waals surface area contributed by atoms with Gasteiger partial charge in [-0.15, -0.1) is 0 Å². The van der Waals surface area contributed by atoms with E-state index in [0.29, 0.717) is 19.4 Å². The lowest BCUT2D eigenvalue weighted by atomic mass is 10.3. The summed E-state index contributed by atoms with van der Waals surface area (Å²) in [5.41, 5.74) is 8.80. The van der Waals surface area contributed by atoms with Crippen LogP contribution in [0.3, 0.4) is 0 Å². The number of aromatic nitrogens is 1. The van der Waals surface area contributed by atoms with Gasteiger partial charge in [-0.25, -0.2) is 13.1 Å². The van der Waals surface area contributed by atoms with Crippen LogP contribution in [0.5, 0.6) is 0 Å². The van der Waals surface area contributed by atoms with Gasteiger partial charge >= 0.3 is 0 Å². The van der Waals surface area contributed by atoms with Crippen molar-refractivity contribution in [3.63, 3.8) is 0 Å². The van der Waals surface area contributed by atoms with Crippen LogP contribution in [0.2, 0.25) is 0 Å². The molecule has 0 bridgehead atoms. The molecule has 1 N–H and O–H groups in total. The number of aryl methyl sites for hydroxylation is 1. The number of nitrogens with zero attached hydrogens (tertiary/aromatic N) is 4. The molecule has 7 nitrogen and oxygen atoms in total. The van der Waals surface area contributed by atoms with Gasteiger partial charge in [0.2, 0.25) is 10.0 Å². The van der Waals surface area contributed by atoms with Crippen molar-refractivity contribution < 1.29 is 8.42 Å². The lowest BCUT2D eigenvalue weighted by Crippen LogP contribution is -2.28. The molecule has 1 rings (SSSR count). The Hall–Kier alpha value is -1.63. The molecule has 98 valence electrons. The second-order valence-electron chi connectivity index (χ2n) is 3.59. The quantitative estimate of drug-likeness (QED) is 0.332. The monoisotopic (exact) mass is 269 g/mol. The van der Waals surface area contributed by atoms with E-state index in [-0.39, 0.29) is 12.3 Å². The van der Waals surface area contributed by atoms with Gasteiger partial charge in [0.05, 0.1) is 5.75 Å². The first kappa shape index (κ1) is 14.4. The second kappa shape index (κ2) is 7.65. The number of nitrogens with one attached hydrogen (secondary N) is 1. The molecule has 1 aromatic rings. The third-order valence-corrected chi connectivity index (χ3v) is 3.56. The lowest BCUT2D eigenvalue weighted by molar-refractivity contribution is 0.578. The van der Waals surface area contributed by atoms with Crippen molar-refractivity contribution in [2.75, 3.05) is 18.8 Å². The molecule has 0 aliphatic rings. The molecule has 0 atom stereocenters. The third-order valence-electron chi connectivity index (χ3n) is 2.17. The normalized spacial score (nSPS) is 10.9. The Morgan fingerprint density at radius 3 is 2.94 bits per heavy atom. The fourth-order valence-corrected chi connectivity index (χ4v) is 2.36. The third kappa shape index (κ3) is 6.19. The molecule has 0 radical (unpaired) electrons. The van der Waals surface area contributed by atoms with Crippen LogP contribution in [0, 0.1) is 0 Å². The maximum atomic E-state index is 11.6. The van der Waals surface area contributed by atoms with Gasteiger partial charge in [-0.1, -0.05) is 11.2 Å². The van der Waals surface area contributed by atoms with Crippen LogP contribution >= 0.6 is 0 Å². The summed E-state index contributed by atoms with van der Waals surface area (Å²) >= 11 is 0. The molecule has 0 fully saturated rings. The summed E-state index contributed by atoms with van der Waals surface area (Å²) in [5.74, 6) is 0.00549. The Bertz CT molecular complexity index is 496. The molecule has 1 aromatic heterocycles. The van der Waals surface area contributed by atoms with E-state index in [1.807, 2.05) is 6.07 Å². The van der Waals surface area contributed by atoms with Crippen LogP contribution in [-0.4, -0.2) is 32.2 Å². The maximum Gasteiger partial charge on any atom is 0.211 e. The summed E-state index contributed by atoms with van der Waals surface area (Å²) in [6, 6.07) is 5.39. The Morgan fingerprint density at radius 2 is 2.28 bits per heavy atom. The molecular weight excluding hydrogens is 254 g/mol. The van der Waals surface area contributed by atoms with E-state index in [9.17, 15) is 8.42 Å². The van der Waals surface area contributed by atoms with Crippen molar-refractivity contribution in [1.82, 2.24) is 9.71 Å². The van der Waals surface area contributed by atoms with Gasteiger partial charge in [0.25, 0.3) is 0 Å². The number of hydrogen-bond acceptors (Lipinski definition) is 4. The SMILES string of the molecule is [N-]=[N+]=NCCCNS(=O)(=O)CCc1ccccn1. The highest BCUT2D eigenvalue weighted by Crippen LogP contribution is 1.97. The average Bonchev–Trinajstić information content (AvgIpc) is 2.38. The second-order valence-corrected chi connectivity index (χ2v) is 5.52. The van der Waals surface area contributed by atoms with Crippen molar-refractivity contribution in [2.45, 2.75) is 12.8 Å². The minimum absolute atomic E-state index is 0.00549. The fraction of sp³-hybridized carbons (Fsp3) is 0.500. The minimum Gasteiger partial charge on any atom is -0.261 e. The highest BCUT2D eigenvalue weighted by molar-refractivity contribution is 7.89. The lowest BCUT2D eigenvalue weighted by Gasteiger charge is -2.05. The maximum absolute atomic E-state index is 11.6. The number of sulfonamides is 1. The van der Waals surface area contributed by atoms with E-state index in [0.717, 1.165) is 5.69 Å². The van der Waals surface area contributed by atoms with Gasteiger partial charge < -0.3 is 0 Å². The van der Waals surface area contributed by atoms with Crippen molar-refractivity contribution in [3.8, 4) is 0 Å². The molecular formula is C10H15N5O2S. The highest BCUT2D eigenvalue weighted by atomic mass is 32.2. The van der Waals surface area contributed by atoms with Crippen molar-refractivity contribution in [3.05, 3.63) is 40.5 Å². The van der Waals surface area contributed by atoms with E-state index >= 15 is 0 Å². The van der Waals surface area contributed by atoms with Gasteiger partial charge in [-0.3, -0.25) is 4.98 Å². The zero-order valence-corrected chi connectivity index (χ0v) is 10.7. The Kier molecular flexibility index (Phi) is 6.13. The fourth-order valence-electron chi connectivity index (χ4n) is 1.28. The van der Waals surface area contributed by atoms with Gasteiger partial charge in [-0.05, 0) is 24.1 Å². The van der Waals surface area contributed by atoms with Crippen LogP contribution < -0.4 is 4.72 Å². The molecule has 0 saturated carbocycles. The van der Waals surface area contributed by atoms with Crippen LogP contribution in [0.25, 0.3) is 10.4 Å². The predicted octanol–water partition coefficient (Wildman–Crippen LogP) is 1.24. The standard InChI is InChI=1S/C10H15N5O2S/c11-15-13-7-3-8-14-18(16,17)9-5-10-4-1-2-6-12-10/h1-2,4,6,14H,3,5,7-9H2. The summed E-state index contributed by atoms with van der Waals surface area (Å²) in [7, 11) is -3.29. The summed E-state index contributed by atoms with van der Waals surface area (Å²) in [4.78, 5) is 6.64. The van der Waals surface area contributed by atoms with Crippen molar-refractivity contribution in [2.24, 2.45) is 5.11 Å². The van der Waals surface area contributed by atoms with Crippen molar-refractivity contribution in [1.29, 1.82) is 0 Å². The smallest absolute Gasteiger partial charge is 0.211 e. The summed E-state index contributed by atoms with van der Waals surface area (Å²) in [6.07, 6.45) is 2.51. The number of azide groups is 1. The molecule has 0 aliphatic heterocycles. The number of rotatable bonds is 8. The van der Waals surface area contributed by atoms with Gasteiger partial charge in [-0.2, -0.15) is 0 Å². The van der Waals surface area contributed by atoms with E-state index in [1.165, 1.54) is 0 Å². The largest absolute Gasteiger partial charge is 0.261 e. The van der Waals surface area contributed by atoms with Gasteiger partial charge in [0.15, 0.2) is 0 Å². The molecule has 0 spiro atoms. The molecule has 0 amide bonds. The van der Waals surface area contributed by atoms with Crippen molar-refractivity contribution >= 4 is 10.0 Å². The van der Waals surface area contributed by atoms with E-state index in [2.05, 4.69) is 19.7 Å². The molecule has 8 heteroatoms. The first-order valence-electron chi connectivity index (χ1n) is 5.52. The first-order valence-corrected chi connectivity index (χ1v) is 7.17. The topological polar surface area (TPSA) is 108 Å². The Morgan fingerprint density at radius 1 is 1.44 bits per heavy atom. The van der Waals surface area contributed by atoms with E-state index in [4.69, 9.17) is 5.53 Å². The summed E-state index contributed by atoms with van der Waals surface area (Å²) in [6.45, 7) is 0.572. The summed E-state index contributed by atoms with van der Waals surface area (Å²) in [5, 5.41) is 3.32. The van der Waals surface area contributed by atoms with Crippen LogP contribution in [0.15, 0.2) is 29.5 Å². The molecule has 18 heavy (non-hydrogen) atoms. The molecule has 0 aromatic carbocycles. The average molecular weight is 269 g/mol. The van der Waals surface area contributed by atoms with Gasteiger partial charge in [0, 0.05) is 36.3 Å². The first-order chi connectivity index (χ1) is 8.64. The zero-order chi connectivity index (χ0) is 13.3. The Labute approximate surface area is 106 Å². The van der Waals surface area contributed by atoms with E-state index in [1.54, 1.807) is 18.3 Å². The zero-order valence-electron chi connectivity index (χ0n) is 9.86. The van der Waals surface area contributed by atoms with E-state index < -0.39 is 10.0 Å². The minimum atomic E-state index is -3.29. The molecule has 0 saturated heterocycles. The van der Waals surface area contributed by atoms with Gasteiger partial charge in [0.1, 0.15) is 0 Å². The number of pyridine rings is 1. The summed E-state index contributed by atoms with van der Waals surface area (Å²) < 4.78 is 25.6. The molecule has 0 aliphatic carbocycles. The number of hydrogen-bond donors (Lipinski definition) is 1. The molecule has 1 heterocycles.